The quantitative estimate of drug-likeness (QED) is 0.0834. The van der Waals surface area contributed by atoms with Gasteiger partial charge in [-0.3, -0.25) is 18.7 Å². The van der Waals surface area contributed by atoms with E-state index in [4.69, 9.17) is 0 Å². The van der Waals surface area contributed by atoms with Crippen molar-refractivity contribution in [3.05, 3.63) is 120 Å². The van der Waals surface area contributed by atoms with Crippen molar-refractivity contribution >= 4 is 82.4 Å². The third-order valence-electron chi connectivity index (χ3n) is 7.64. The fourth-order valence-corrected chi connectivity index (χ4v) is 6.82. The topological polar surface area (TPSA) is 249 Å². The van der Waals surface area contributed by atoms with E-state index in [1.807, 2.05) is 0 Å². The lowest BCUT2D eigenvalue weighted by atomic mass is 10.1. The molecular formula is C35H26N4O11S2. The minimum Gasteiger partial charge on any atom is -0.508 e. The minimum absolute atomic E-state index is 0.0663. The van der Waals surface area contributed by atoms with Gasteiger partial charge < -0.3 is 31.5 Å². The number of hydrogen-bond acceptors (Lipinski definition) is 9. The van der Waals surface area contributed by atoms with E-state index in [1.165, 1.54) is 97.1 Å². The van der Waals surface area contributed by atoms with Gasteiger partial charge >= 0.3 is 6.03 Å². The maximum absolute atomic E-state index is 13.1. The highest BCUT2D eigenvalue weighted by atomic mass is 32.2. The van der Waals surface area contributed by atoms with E-state index in [0.717, 1.165) is 12.1 Å². The molecular weight excluding hydrogens is 717 g/mol. The fraction of sp³-hybridized carbons (Fsp3) is 0. The summed E-state index contributed by atoms with van der Waals surface area (Å²) >= 11 is 0. The predicted octanol–water partition coefficient (Wildman–Crippen LogP) is 6.05. The molecule has 6 rings (SSSR count). The van der Waals surface area contributed by atoms with Gasteiger partial charge in [0.1, 0.15) is 21.3 Å². The van der Waals surface area contributed by atoms with Crippen LogP contribution < -0.4 is 21.3 Å². The van der Waals surface area contributed by atoms with E-state index in [-0.39, 0.29) is 56.1 Å². The lowest BCUT2D eigenvalue weighted by molar-refractivity contribution is 0.101. The van der Waals surface area contributed by atoms with Crippen LogP contribution in [0.1, 0.15) is 20.7 Å². The number of urea groups is 1. The molecule has 4 amide bonds. The normalized spacial score (nSPS) is 11.6. The van der Waals surface area contributed by atoms with Gasteiger partial charge in [0.25, 0.3) is 32.1 Å². The molecule has 0 unspecified atom stereocenters. The molecule has 0 spiro atoms. The van der Waals surface area contributed by atoms with Gasteiger partial charge in [0.15, 0.2) is 0 Å². The lowest BCUT2D eigenvalue weighted by Crippen LogP contribution is -2.20. The molecule has 0 bridgehead atoms. The summed E-state index contributed by atoms with van der Waals surface area (Å²) in [6.45, 7) is 0. The summed E-state index contributed by atoms with van der Waals surface area (Å²) in [5.41, 5.74) is 1.11. The molecule has 0 radical (unpaired) electrons. The first-order valence-corrected chi connectivity index (χ1v) is 17.8. The van der Waals surface area contributed by atoms with Crippen molar-refractivity contribution in [2.75, 3.05) is 21.3 Å². The van der Waals surface area contributed by atoms with Crippen molar-refractivity contribution in [1.82, 2.24) is 0 Å². The first kappa shape index (κ1) is 35.3. The molecule has 0 aliphatic rings. The SMILES string of the molecule is O=C(Nc1cccc(C(=O)Nc2ccc3cc(O)cc(S(=O)(=O)O)c3c2)c1)Nc1cccc(C(=O)Nc2ccc3cc(O)cc(S(=O)(=O)O)c3c2)c1. The second-order valence-corrected chi connectivity index (χ2v) is 14.1. The third-order valence-corrected chi connectivity index (χ3v) is 9.43. The summed E-state index contributed by atoms with van der Waals surface area (Å²) in [5, 5.41) is 30.8. The monoisotopic (exact) mass is 742 g/mol. The van der Waals surface area contributed by atoms with Crippen molar-refractivity contribution in [1.29, 1.82) is 0 Å². The molecule has 0 saturated heterocycles. The second-order valence-electron chi connectivity index (χ2n) is 11.4. The maximum Gasteiger partial charge on any atom is 0.323 e. The first-order chi connectivity index (χ1) is 24.5. The van der Waals surface area contributed by atoms with Crippen LogP contribution in [-0.4, -0.2) is 54.0 Å². The molecule has 15 nitrogen and oxygen atoms in total. The van der Waals surface area contributed by atoms with Crippen molar-refractivity contribution in [2.45, 2.75) is 9.79 Å². The second kappa shape index (κ2) is 13.6. The molecule has 0 fully saturated rings. The Bertz CT molecular complexity index is 2500. The highest BCUT2D eigenvalue weighted by Gasteiger charge is 2.19. The van der Waals surface area contributed by atoms with E-state index in [9.17, 15) is 50.5 Å². The molecule has 0 aliphatic heterocycles. The average Bonchev–Trinajstić information content (AvgIpc) is 3.07. The highest BCUT2D eigenvalue weighted by molar-refractivity contribution is 7.86. The minimum atomic E-state index is -4.69. The standard InChI is InChI=1S/C35H26N4O11S2/c40-27-13-19-7-9-25(15-29(19)31(17-27)51(45,46)47)36-33(42)21-3-1-5-23(11-21)38-35(44)39-24-6-2-4-22(12-24)34(43)37-26-10-8-20-14-28(41)18-32(30(20)16-26)52(48,49)50/h1-18,40-41H,(H,36,42)(H,37,43)(H2,38,39,44)(H,45,46,47)(H,48,49,50). The number of amides is 4. The Labute approximate surface area is 295 Å². The van der Waals surface area contributed by atoms with Crippen molar-refractivity contribution in [3.63, 3.8) is 0 Å². The fourth-order valence-electron chi connectivity index (χ4n) is 5.38. The Balaban J connectivity index is 1.12. The zero-order chi connectivity index (χ0) is 37.4. The molecule has 6 aromatic carbocycles. The molecule has 0 aromatic heterocycles. The Morgan fingerprint density at radius 3 is 1.23 bits per heavy atom. The predicted molar refractivity (Wildman–Crippen MR) is 192 cm³/mol. The van der Waals surface area contributed by atoms with Crippen molar-refractivity contribution < 1.29 is 50.5 Å². The van der Waals surface area contributed by atoms with Crippen LogP contribution in [-0.2, 0) is 20.2 Å². The number of rotatable bonds is 8. The summed E-state index contributed by atoms with van der Waals surface area (Å²) in [6, 6.07) is 24.0. The van der Waals surface area contributed by atoms with Crippen LogP contribution in [0.25, 0.3) is 21.5 Å². The molecule has 17 heteroatoms. The first-order valence-electron chi connectivity index (χ1n) is 14.9. The van der Waals surface area contributed by atoms with Gasteiger partial charge in [-0.15, -0.1) is 0 Å². The molecule has 6 aromatic rings. The van der Waals surface area contributed by atoms with Crippen molar-refractivity contribution in [3.8, 4) is 11.5 Å². The van der Waals surface area contributed by atoms with Crippen LogP contribution in [0.2, 0.25) is 0 Å². The van der Waals surface area contributed by atoms with Crippen LogP contribution in [0.15, 0.2) is 119 Å². The summed E-state index contributed by atoms with van der Waals surface area (Å²) in [5.74, 6) is -1.95. The van der Waals surface area contributed by atoms with Gasteiger partial charge in [0.05, 0.1) is 0 Å². The number of nitrogens with one attached hydrogen (secondary N) is 4. The molecule has 0 aliphatic carbocycles. The number of phenols is 2. The number of aromatic hydroxyl groups is 2. The Hall–Kier alpha value is -6.53. The zero-order valence-electron chi connectivity index (χ0n) is 26.4. The van der Waals surface area contributed by atoms with E-state index in [1.54, 1.807) is 0 Å². The number of anilines is 4. The van der Waals surface area contributed by atoms with E-state index >= 15 is 0 Å². The molecule has 52 heavy (non-hydrogen) atoms. The van der Waals surface area contributed by atoms with Crippen LogP contribution in [0.5, 0.6) is 11.5 Å². The van der Waals surface area contributed by atoms with E-state index < -0.39 is 47.9 Å². The van der Waals surface area contributed by atoms with Gasteiger partial charge in [-0.05, 0) is 83.6 Å². The van der Waals surface area contributed by atoms with Crippen LogP contribution in [0, 0.1) is 0 Å². The number of benzene rings is 6. The summed E-state index contributed by atoms with van der Waals surface area (Å²) in [6.07, 6.45) is 0. The summed E-state index contributed by atoms with van der Waals surface area (Å²) in [4.78, 5) is 37.9. The third kappa shape index (κ3) is 7.92. The van der Waals surface area contributed by atoms with E-state index in [0.29, 0.717) is 10.8 Å². The van der Waals surface area contributed by atoms with Crippen LogP contribution >= 0.6 is 0 Å². The highest BCUT2D eigenvalue weighted by Crippen LogP contribution is 2.32. The van der Waals surface area contributed by atoms with Gasteiger partial charge in [-0.2, -0.15) is 16.8 Å². The van der Waals surface area contributed by atoms with Crippen molar-refractivity contribution in [2.24, 2.45) is 0 Å². The Morgan fingerprint density at radius 2 is 0.846 bits per heavy atom. The molecule has 0 atom stereocenters. The lowest BCUT2D eigenvalue weighted by Gasteiger charge is -2.12. The number of carbonyl (C=O) groups excluding carboxylic acids is 3. The van der Waals surface area contributed by atoms with Gasteiger partial charge in [0, 0.05) is 56.8 Å². The Morgan fingerprint density at radius 1 is 0.462 bits per heavy atom. The number of phenolic OH excluding ortho intramolecular Hbond substituents is 2. The zero-order valence-corrected chi connectivity index (χ0v) is 28.0. The number of fused-ring (bicyclic) bond motifs is 2. The smallest absolute Gasteiger partial charge is 0.323 e. The summed E-state index contributed by atoms with van der Waals surface area (Å²) in [7, 11) is -9.38. The van der Waals surface area contributed by atoms with Gasteiger partial charge in [0.2, 0.25) is 0 Å². The summed E-state index contributed by atoms with van der Waals surface area (Å²) < 4.78 is 66.6. The average molecular weight is 743 g/mol. The van der Waals surface area contributed by atoms with Gasteiger partial charge in [-0.25, -0.2) is 4.79 Å². The van der Waals surface area contributed by atoms with Crippen LogP contribution in [0.4, 0.5) is 27.5 Å². The van der Waals surface area contributed by atoms with E-state index in [2.05, 4.69) is 21.3 Å². The van der Waals surface area contributed by atoms with Gasteiger partial charge in [-0.1, -0.05) is 24.3 Å². The largest absolute Gasteiger partial charge is 0.508 e. The molecule has 264 valence electrons. The molecule has 0 saturated carbocycles. The number of carbonyl (C=O) groups is 3. The number of hydrogen-bond donors (Lipinski definition) is 8. The molecule has 0 heterocycles. The van der Waals surface area contributed by atoms with Crippen LogP contribution in [0.3, 0.4) is 0 Å². The maximum atomic E-state index is 13.1. The Kier molecular flexibility index (Phi) is 9.26. The molecule has 8 N–H and O–H groups in total.